The Morgan fingerprint density at radius 2 is 2.21 bits per heavy atom. The zero-order chi connectivity index (χ0) is 13.4. The molecule has 0 aliphatic heterocycles. The van der Waals surface area contributed by atoms with Crippen LogP contribution in [0.2, 0.25) is 5.02 Å². The molecule has 1 aromatic carbocycles. The molecule has 0 aliphatic rings. The number of nitrogens with one attached hydrogen (secondary N) is 1. The zero-order valence-corrected chi connectivity index (χ0v) is 11.9. The summed E-state index contributed by atoms with van der Waals surface area (Å²) >= 11 is 7.45. The van der Waals surface area contributed by atoms with Crippen LogP contribution in [-0.2, 0) is 6.42 Å². The number of thiophene rings is 1. The van der Waals surface area contributed by atoms with Gasteiger partial charge in [0, 0.05) is 27.7 Å². The highest BCUT2D eigenvalue weighted by Crippen LogP contribution is 2.27. The third-order valence-electron chi connectivity index (χ3n) is 3.22. The van der Waals surface area contributed by atoms with Crippen LogP contribution in [0.25, 0.3) is 10.9 Å². The van der Waals surface area contributed by atoms with E-state index in [0.29, 0.717) is 10.6 Å². The van der Waals surface area contributed by atoms with Gasteiger partial charge in [-0.1, -0.05) is 24.6 Å². The van der Waals surface area contributed by atoms with Crippen LogP contribution in [0.3, 0.4) is 0 Å². The van der Waals surface area contributed by atoms with E-state index in [1.807, 2.05) is 29.6 Å². The van der Waals surface area contributed by atoms with Crippen molar-refractivity contribution in [3.63, 3.8) is 0 Å². The quantitative estimate of drug-likeness (QED) is 0.698. The first-order chi connectivity index (χ1) is 9.20. The van der Waals surface area contributed by atoms with Crippen molar-refractivity contribution in [1.29, 1.82) is 0 Å². The normalized spacial score (nSPS) is 11.1. The number of ketones is 1. The number of aromatic nitrogens is 1. The number of hydrogen-bond acceptors (Lipinski definition) is 2. The van der Waals surface area contributed by atoms with Crippen LogP contribution in [0, 0.1) is 0 Å². The lowest BCUT2D eigenvalue weighted by Crippen LogP contribution is -2.00. The third kappa shape index (κ3) is 2.09. The molecule has 2 aromatic heterocycles. The van der Waals surface area contributed by atoms with Crippen LogP contribution < -0.4 is 0 Å². The first kappa shape index (κ1) is 12.5. The van der Waals surface area contributed by atoms with Gasteiger partial charge in [-0.3, -0.25) is 4.79 Å². The van der Waals surface area contributed by atoms with E-state index in [1.165, 1.54) is 11.3 Å². The number of halogens is 1. The van der Waals surface area contributed by atoms with E-state index >= 15 is 0 Å². The molecule has 0 saturated heterocycles. The van der Waals surface area contributed by atoms with Gasteiger partial charge in [0.1, 0.15) is 0 Å². The Hall–Kier alpha value is -1.58. The summed E-state index contributed by atoms with van der Waals surface area (Å²) in [6.07, 6.45) is 2.64. The van der Waals surface area contributed by atoms with E-state index in [-0.39, 0.29) is 5.78 Å². The molecule has 0 spiro atoms. The summed E-state index contributed by atoms with van der Waals surface area (Å²) < 4.78 is 0. The van der Waals surface area contributed by atoms with E-state index in [1.54, 1.807) is 6.20 Å². The molecule has 96 valence electrons. The smallest absolute Gasteiger partial charge is 0.205 e. The Balaban J connectivity index is 2.12. The molecule has 19 heavy (non-hydrogen) atoms. The largest absolute Gasteiger partial charge is 0.360 e. The molecule has 1 N–H and O–H groups in total. The maximum atomic E-state index is 12.6. The molecule has 0 saturated carbocycles. The Kier molecular flexibility index (Phi) is 3.17. The minimum absolute atomic E-state index is 0.0837. The molecule has 3 rings (SSSR count). The van der Waals surface area contributed by atoms with Gasteiger partial charge in [0.25, 0.3) is 0 Å². The summed E-state index contributed by atoms with van der Waals surface area (Å²) in [5.74, 6) is 0.0837. The molecule has 2 heterocycles. The molecule has 0 atom stereocenters. The minimum atomic E-state index is 0.0837. The molecule has 3 aromatic rings. The van der Waals surface area contributed by atoms with E-state index < -0.39 is 0 Å². The number of rotatable bonds is 3. The van der Waals surface area contributed by atoms with Crippen molar-refractivity contribution < 1.29 is 4.79 Å². The predicted octanol–water partition coefficient (Wildman–Crippen LogP) is 4.68. The maximum Gasteiger partial charge on any atom is 0.205 e. The predicted molar refractivity (Wildman–Crippen MR) is 80.4 cm³/mol. The highest BCUT2D eigenvalue weighted by molar-refractivity contribution is 7.12. The monoisotopic (exact) mass is 289 g/mol. The molecule has 0 amide bonds. The lowest BCUT2D eigenvalue weighted by atomic mass is 10.1. The maximum absolute atomic E-state index is 12.6. The van der Waals surface area contributed by atoms with Gasteiger partial charge in [-0.15, -0.1) is 11.3 Å². The Morgan fingerprint density at radius 3 is 3.00 bits per heavy atom. The summed E-state index contributed by atoms with van der Waals surface area (Å²) in [5.41, 5.74) is 2.72. The number of hydrogen-bond donors (Lipinski definition) is 1. The first-order valence-electron chi connectivity index (χ1n) is 6.08. The van der Waals surface area contributed by atoms with Crippen molar-refractivity contribution in [1.82, 2.24) is 4.98 Å². The molecule has 2 nitrogen and oxygen atoms in total. The van der Waals surface area contributed by atoms with E-state index in [9.17, 15) is 4.79 Å². The molecule has 0 bridgehead atoms. The number of fused-ring (bicyclic) bond motifs is 1. The van der Waals surface area contributed by atoms with Crippen LogP contribution in [0.5, 0.6) is 0 Å². The van der Waals surface area contributed by atoms with Crippen LogP contribution >= 0.6 is 22.9 Å². The minimum Gasteiger partial charge on any atom is -0.360 e. The molecule has 0 aliphatic carbocycles. The molecule has 4 heteroatoms. The molecule has 0 unspecified atom stereocenters. The average molecular weight is 290 g/mol. The van der Waals surface area contributed by atoms with Gasteiger partial charge in [-0.2, -0.15) is 0 Å². The number of aryl methyl sites for hydroxylation is 1. The Bertz CT molecular complexity index is 756. The van der Waals surface area contributed by atoms with E-state index in [0.717, 1.165) is 27.8 Å². The van der Waals surface area contributed by atoms with Crippen molar-refractivity contribution in [3.8, 4) is 0 Å². The standard InChI is InChI=1S/C15H12ClNOS/c1-2-9-5-6-19-15(9)14(18)12-8-17-13-7-10(16)3-4-11(12)13/h3-8,17H,2H2,1H3. The Labute approximate surface area is 120 Å². The van der Waals surface area contributed by atoms with Gasteiger partial charge in [0.15, 0.2) is 0 Å². The second-order valence-corrected chi connectivity index (χ2v) is 5.70. The van der Waals surface area contributed by atoms with E-state index in [2.05, 4.69) is 11.9 Å². The fourth-order valence-corrected chi connectivity index (χ4v) is 3.34. The van der Waals surface area contributed by atoms with Gasteiger partial charge in [-0.25, -0.2) is 0 Å². The van der Waals surface area contributed by atoms with Crippen LogP contribution in [0.1, 0.15) is 27.7 Å². The zero-order valence-electron chi connectivity index (χ0n) is 10.4. The van der Waals surface area contributed by atoms with Crippen molar-refractivity contribution >= 4 is 39.6 Å². The highest BCUT2D eigenvalue weighted by atomic mass is 35.5. The first-order valence-corrected chi connectivity index (χ1v) is 7.34. The van der Waals surface area contributed by atoms with Crippen LogP contribution in [0.4, 0.5) is 0 Å². The summed E-state index contributed by atoms with van der Waals surface area (Å²) in [7, 11) is 0. The lowest BCUT2D eigenvalue weighted by molar-refractivity contribution is 0.104. The van der Waals surface area contributed by atoms with Gasteiger partial charge in [0.2, 0.25) is 5.78 Å². The van der Waals surface area contributed by atoms with Gasteiger partial charge in [-0.05, 0) is 35.6 Å². The number of carbonyl (C=O) groups is 1. The highest BCUT2D eigenvalue weighted by Gasteiger charge is 2.18. The molecule has 0 fully saturated rings. The molecular formula is C15H12ClNOS. The second-order valence-electron chi connectivity index (χ2n) is 4.35. The molecule has 0 radical (unpaired) electrons. The van der Waals surface area contributed by atoms with Crippen molar-refractivity contribution in [2.45, 2.75) is 13.3 Å². The number of carbonyl (C=O) groups excluding carboxylic acids is 1. The topological polar surface area (TPSA) is 32.9 Å². The lowest BCUT2D eigenvalue weighted by Gasteiger charge is -2.00. The fourth-order valence-electron chi connectivity index (χ4n) is 2.22. The number of benzene rings is 1. The van der Waals surface area contributed by atoms with Crippen LogP contribution in [0.15, 0.2) is 35.8 Å². The van der Waals surface area contributed by atoms with Gasteiger partial charge >= 0.3 is 0 Å². The fraction of sp³-hybridized carbons (Fsp3) is 0.133. The SMILES string of the molecule is CCc1ccsc1C(=O)c1c[nH]c2cc(Cl)ccc12. The summed E-state index contributed by atoms with van der Waals surface area (Å²) in [6, 6.07) is 7.55. The summed E-state index contributed by atoms with van der Waals surface area (Å²) in [6.45, 7) is 2.06. The van der Waals surface area contributed by atoms with E-state index in [4.69, 9.17) is 11.6 Å². The number of H-pyrrole nitrogens is 1. The Morgan fingerprint density at radius 1 is 1.37 bits per heavy atom. The van der Waals surface area contributed by atoms with Gasteiger partial charge in [0.05, 0.1) is 4.88 Å². The second kappa shape index (κ2) is 4.83. The number of aromatic amines is 1. The average Bonchev–Trinajstić information content (AvgIpc) is 3.03. The van der Waals surface area contributed by atoms with Gasteiger partial charge < -0.3 is 4.98 Å². The third-order valence-corrected chi connectivity index (χ3v) is 4.41. The van der Waals surface area contributed by atoms with Crippen molar-refractivity contribution in [3.05, 3.63) is 56.9 Å². The summed E-state index contributed by atoms with van der Waals surface area (Å²) in [4.78, 5) is 16.5. The van der Waals surface area contributed by atoms with Crippen molar-refractivity contribution in [2.24, 2.45) is 0 Å². The molecular weight excluding hydrogens is 278 g/mol. The van der Waals surface area contributed by atoms with Crippen molar-refractivity contribution in [2.75, 3.05) is 0 Å². The van der Waals surface area contributed by atoms with Crippen LogP contribution in [-0.4, -0.2) is 10.8 Å². The summed E-state index contributed by atoms with van der Waals surface area (Å²) in [5, 5.41) is 3.56.